The van der Waals surface area contributed by atoms with Crippen molar-refractivity contribution in [2.45, 2.75) is 31.0 Å². The highest BCUT2D eigenvalue weighted by Crippen LogP contribution is 2.29. The lowest BCUT2D eigenvalue weighted by Gasteiger charge is -2.09. The van der Waals surface area contributed by atoms with Gasteiger partial charge in [-0.1, -0.05) is 0 Å². The Morgan fingerprint density at radius 1 is 1.33 bits per heavy atom. The molecule has 0 spiro atoms. The summed E-state index contributed by atoms with van der Waals surface area (Å²) in [7, 11) is 0. The monoisotopic (exact) mass is 263 g/mol. The molecule has 0 aliphatic carbocycles. The lowest BCUT2D eigenvalue weighted by Crippen LogP contribution is -2.15. The van der Waals surface area contributed by atoms with Crippen LogP contribution in [-0.4, -0.2) is 21.0 Å². The molecule has 0 atom stereocenters. The van der Waals surface area contributed by atoms with E-state index in [1.165, 1.54) is 11.8 Å². The first kappa shape index (κ1) is 12.6. The number of amidine groups is 1. The highest BCUT2D eigenvalue weighted by molar-refractivity contribution is 7.99. The van der Waals surface area contributed by atoms with E-state index in [2.05, 4.69) is 15.2 Å². The van der Waals surface area contributed by atoms with Gasteiger partial charge in [0, 0.05) is 12.6 Å². The number of nitrogen functional groups attached to an aromatic ring is 1. The Balaban J connectivity index is 2.45. The van der Waals surface area contributed by atoms with Crippen LogP contribution in [-0.2, 0) is 0 Å². The van der Waals surface area contributed by atoms with Crippen LogP contribution in [0.3, 0.4) is 0 Å². The van der Waals surface area contributed by atoms with Crippen molar-refractivity contribution < 1.29 is 4.42 Å². The molecule has 3 N–H and O–H groups in total. The summed E-state index contributed by atoms with van der Waals surface area (Å²) < 4.78 is 5.29. The van der Waals surface area contributed by atoms with Gasteiger partial charge in [0.05, 0.1) is 5.56 Å². The molecule has 7 heteroatoms. The van der Waals surface area contributed by atoms with Crippen molar-refractivity contribution >= 4 is 17.6 Å². The summed E-state index contributed by atoms with van der Waals surface area (Å²) in [6.07, 6.45) is 0. The van der Waals surface area contributed by atoms with Gasteiger partial charge in [0.15, 0.2) is 0 Å². The van der Waals surface area contributed by atoms with Crippen molar-refractivity contribution in [2.75, 3.05) is 0 Å². The van der Waals surface area contributed by atoms with Gasteiger partial charge < -0.3 is 10.2 Å². The Morgan fingerprint density at radius 2 is 2.06 bits per heavy atom. The van der Waals surface area contributed by atoms with E-state index in [9.17, 15) is 0 Å². The van der Waals surface area contributed by atoms with Gasteiger partial charge in [-0.25, -0.2) is 4.98 Å². The van der Waals surface area contributed by atoms with Crippen molar-refractivity contribution in [1.29, 1.82) is 5.41 Å². The van der Waals surface area contributed by atoms with Gasteiger partial charge >= 0.3 is 0 Å². The molecular weight excluding hydrogens is 250 g/mol. The quantitative estimate of drug-likeness (QED) is 0.647. The minimum absolute atomic E-state index is 0.0151. The predicted molar refractivity (Wildman–Crippen MR) is 67.9 cm³/mol. The van der Waals surface area contributed by atoms with Crippen LogP contribution in [0.2, 0.25) is 0 Å². The highest BCUT2D eigenvalue weighted by atomic mass is 32.2. The van der Waals surface area contributed by atoms with E-state index in [-0.39, 0.29) is 5.84 Å². The number of hydrogen-bond acceptors (Lipinski definition) is 6. The summed E-state index contributed by atoms with van der Waals surface area (Å²) >= 11 is 1.22. The third-order valence-electron chi connectivity index (χ3n) is 2.27. The van der Waals surface area contributed by atoms with Gasteiger partial charge in [-0.15, -0.1) is 10.2 Å². The largest absolute Gasteiger partial charge is 0.416 e. The Morgan fingerprint density at radius 3 is 2.61 bits per heavy atom. The van der Waals surface area contributed by atoms with Gasteiger partial charge in [0.2, 0.25) is 5.89 Å². The van der Waals surface area contributed by atoms with Crippen LogP contribution in [0.15, 0.2) is 20.7 Å². The van der Waals surface area contributed by atoms with Crippen LogP contribution >= 0.6 is 11.8 Å². The SMILES string of the molecule is Cc1cc(C)c(C(=N)N)c(Sc2nnc(C)o2)n1. The zero-order chi connectivity index (χ0) is 13.3. The van der Waals surface area contributed by atoms with E-state index in [1.54, 1.807) is 6.92 Å². The Kier molecular flexibility index (Phi) is 3.33. The first-order chi connectivity index (χ1) is 8.47. The Hall–Kier alpha value is -1.89. The number of nitrogens with zero attached hydrogens (tertiary/aromatic N) is 3. The van der Waals surface area contributed by atoms with Crippen molar-refractivity contribution in [3.8, 4) is 0 Å². The fourth-order valence-electron chi connectivity index (χ4n) is 1.61. The Bertz CT molecular complexity index is 607. The molecule has 0 unspecified atom stereocenters. The number of nitrogens with one attached hydrogen (secondary N) is 1. The molecule has 6 nitrogen and oxygen atoms in total. The second-order valence-electron chi connectivity index (χ2n) is 3.86. The van der Waals surface area contributed by atoms with Crippen molar-refractivity contribution in [3.05, 3.63) is 28.8 Å². The van der Waals surface area contributed by atoms with Gasteiger partial charge in [-0.2, -0.15) is 0 Å². The molecular formula is C11H13N5OS. The molecule has 0 aromatic carbocycles. The first-order valence-electron chi connectivity index (χ1n) is 5.28. The van der Waals surface area contributed by atoms with Gasteiger partial charge in [0.1, 0.15) is 10.9 Å². The number of rotatable bonds is 3. The molecule has 0 radical (unpaired) electrons. The van der Waals surface area contributed by atoms with E-state index in [1.807, 2.05) is 19.9 Å². The van der Waals surface area contributed by atoms with Gasteiger partial charge in [0.25, 0.3) is 5.22 Å². The van der Waals surface area contributed by atoms with Crippen LogP contribution in [0.25, 0.3) is 0 Å². The summed E-state index contributed by atoms with van der Waals surface area (Å²) in [4.78, 5) is 4.37. The van der Waals surface area contributed by atoms with Crippen LogP contribution < -0.4 is 5.73 Å². The molecule has 0 saturated carbocycles. The average molecular weight is 263 g/mol. The average Bonchev–Trinajstić information content (AvgIpc) is 2.62. The molecule has 2 aromatic rings. The molecule has 94 valence electrons. The number of aromatic nitrogens is 3. The molecule has 0 aliphatic heterocycles. The van der Waals surface area contributed by atoms with Gasteiger partial charge in [-0.3, -0.25) is 5.41 Å². The fraction of sp³-hybridized carbons (Fsp3) is 0.273. The summed E-state index contributed by atoms with van der Waals surface area (Å²) in [5, 5.41) is 16.3. The summed E-state index contributed by atoms with van der Waals surface area (Å²) in [6, 6.07) is 1.89. The first-order valence-corrected chi connectivity index (χ1v) is 6.09. The zero-order valence-electron chi connectivity index (χ0n) is 10.3. The molecule has 0 aliphatic rings. The van der Waals surface area contributed by atoms with Crippen LogP contribution in [0.1, 0.15) is 22.7 Å². The van der Waals surface area contributed by atoms with Crippen molar-refractivity contribution in [3.63, 3.8) is 0 Å². The molecule has 18 heavy (non-hydrogen) atoms. The number of nitrogens with two attached hydrogens (primary N) is 1. The molecule has 0 amide bonds. The van der Waals surface area contributed by atoms with Crippen LogP contribution in [0.4, 0.5) is 0 Å². The highest BCUT2D eigenvalue weighted by Gasteiger charge is 2.15. The topological polar surface area (TPSA) is 102 Å². The van der Waals surface area contributed by atoms with Crippen molar-refractivity contribution in [1.82, 2.24) is 15.2 Å². The zero-order valence-corrected chi connectivity index (χ0v) is 11.1. The fourth-order valence-corrected chi connectivity index (χ4v) is 2.58. The van der Waals surface area contributed by atoms with Crippen LogP contribution in [0.5, 0.6) is 0 Å². The van der Waals surface area contributed by atoms with Crippen molar-refractivity contribution in [2.24, 2.45) is 5.73 Å². The van der Waals surface area contributed by atoms with E-state index in [4.69, 9.17) is 15.6 Å². The minimum atomic E-state index is -0.0151. The summed E-state index contributed by atoms with van der Waals surface area (Å²) in [6.45, 7) is 5.51. The standard InChI is InChI=1S/C11H13N5OS/c1-5-4-6(2)14-10(8(5)9(12)13)18-11-16-15-7(3)17-11/h4H,1-3H3,(H3,12,13). The molecule has 0 fully saturated rings. The second kappa shape index (κ2) is 4.77. The van der Waals surface area contributed by atoms with E-state index in [0.717, 1.165) is 11.3 Å². The second-order valence-corrected chi connectivity index (χ2v) is 4.80. The third-order valence-corrected chi connectivity index (χ3v) is 3.10. The maximum absolute atomic E-state index is 7.62. The van der Waals surface area contributed by atoms with E-state index in [0.29, 0.717) is 21.7 Å². The molecule has 2 heterocycles. The molecule has 2 aromatic heterocycles. The molecule has 2 rings (SSSR count). The maximum Gasteiger partial charge on any atom is 0.282 e. The van der Waals surface area contributed by atoms with Crippen LogP contribution in [0, 0.1) is 26.2 Å². The summed E-state index contributed by atoms with van der Waals surface area (Å²) in [5.74, 6) is 0.477. The number of pyridine rings is 1. The van der Waals surface area contributed by atoms with E-state index >= 15 is 0 Å². The predicted octanol–water partition coefficient (Wildman–Crippen LogP) is 1.83. The molecule has 0 saturated heterocycles. The lowest BCUT2D eigenvalue weighted by molar-refractivity contribution is 0.429. The Labute approximate surface area is 109 Å². The number of hydrogen-bond donors (Lipinski definition) is 2. The van der Waals surface area contributed by atoms with Gasteiger partial charge in [-0.05, 0) is 37.2 Å². The molecule has 0 bridgehead atoms. The maximum atomic E-state index is 7.62. The minimum Gasteiger partial charge on any atom is -0.416 e. The lowest BCUT2D eigenvalue weighted by atomic mass is 10.1. The smallest absolute Gasteiger partial charge is 0.282 e. The summed E-state index contributed by atoms with van der Waals surface area (Å²) in [5.41, 5.74) is 7.97. The van der Waals surface area contributed by atoms with E-state index < -0.39 is 0 Å². The number of aryl methyl sites for hydroxylation is 3. The normalized spacial score (nSPS) is 10.6. The third kappa shape index (κ3) is 2.51.